The van der Waals surface area contributed by atoms with Gasteiger partial charge in [-0.15, -0.1) is 0 Å². The number of rotatable bonds is 4. The minimum Gasteiger partial charge on any atom is -0.251 e. The lowest BCUT2D eigenvalue weighted by Gasteiger charge is -2.14. The predicted molar refractivity (Wildman–Crippen MR) is 51.0 cm³/mol. The number of allylic oxidation sites excluding steroid dienone is 3. The first-order chi connectivity index (χ1) is 5.52. The van der Waals surface area contributed by atoms with Crippen molar-refractivity contribution >= 4 is 0 Å². The molecule has 0 radical (unpaired) electrons. The van der Waals surface area contributed by atoms with Gasteiger partial charge in [-0.3, -0.25) is 5.26 Å². The van der Waals surface area contributed by atoms with Crippen LogP contribution in [0, 0.1) is 0 Å². The normalized spacial score (nSPS) is 14.2. The second-order valence-electron chi connectivity index (χ2n) is 3.44. The largest absolute Gasteiger partial charge is 0.251 e. The summed E-state index contributed by atoms with van der Waals surface area (Å²) in [6.45, 7) is 7.68. The first-order valence-corrected chi connectivity index (χ1v) is 4.14. The lowest BCUT2D eigenvalue weighted by Crippen LogP contribution is -2.18. The van der Waals surface area contributed by atoms with Crippen LogP contribution in [-0.2, 0) is 4.89 Å². The summed E-state index contributed by atoms with van der Waals surface area (Å²) >= 11 is 0. The van der Waals surface area contributed by atoms with Crippen molar-refractivity contribution in [3.8, 4) is 0 Å². The summed E-state index contributed by atoms with van der Waals surface area (Å²) in [5.74, 6) is 0. The molecular formula is C10H18O2. The van der Waals surface area contributed by atoms with Crippen LogP contribution in [0.3, 0.4) is 0 Å². The van der Waals surface area contributed by atoms with Gasteiger partial charge in [0.2, 0.25) is 0 Å². The zero-order chi connectivity index (χ0) is 9.61. The van der Waals surface area contributed by atoms with E-state index < -0.39 is 5.60 Å². The van der Waals surface area contributed by atoms with E-state index in [-0.39, 0.29) is 0 Å². The monoisotopic (exact) mass is 170 g/mol. The summed E-state index contributed by atoms with van der Waals surface area (Å²) in [6, 6.07) is 0. The number of hydrogen-bond donors (Lipinski definition) is 1. The molecule has 2 nitrogen and oxygen atoms in total. The Hall–Kier alpha value is -0.600. The van der Waals surface area contributed by atoms with Gasteiger partial charge in [-0.1, -0.05) is 23.8 Å². The molecule has 0 amide bonds. The van der Waals surface area contributed by atoms with Crippen LogP contribution in [0.15, 0.2) is 23.8 Å². The smallest absolute Gasteiger partial charge is 0.116 e. The van der Waals surface area contributed by atoms with E-state index in [2.05, 4.69) is 17.9 Å². The summed E-state index contributed by atoms with van der Waals surface area (Å²) < 4.78 is 0. The van der Waals surface area contributed by atoms with Gasteiger partial charge in [-0.2, -0.15) is 0 Å². The molecule has 0 unspecified atom stereocenters. The molecule has 0 spiro atoms. The van der Waals surface area contributed by atoms with Crippen LogP contribution in [0.1, 0.15) is 34.1 Å². The average molecular weight is 170 g/mol. The molecule has 0 aliphatic carbocycles. The third kappa shape index (κ3) is 5.10. The molecule has 0 aromatic rings. The summed E-state index contributed by atoms with van der Waals surface area (Å²) in [5, 5.41) is 8.45. The van der Waals surface area contributed by atoms with Crippen LogP contribution in [0.25, 0.3) is 0 Å². The van der Waals surface area contributed by atoms with E-state index >= 15 is 0 Å². The van der Waals surface area contributed by atoms with Crippen LogP contribution in [0.4, 0.5) is 0 Å². The van der Waals surface area contributed by atoms with Crippen molar-refractivity contribution in [1.29, 1.82) is 0 Å². The standard InChI is InChI=1S/C10H18O2/c1-5-9(2)7-6-8-10(3,4)12-11/h5-6,8,11H,7H2,1-4H3/b8-6+,9-5+. The van der Waals surface area contributed by atoms with Gasteiger partial charge >= 0.3 is 0 Å². The van der Waals surface area contributed by atoms with E-state index in [0.717, 1.165) is 6.42 Å². The van der Waals surface area contributed by atoms with Gasteiger partial charge < -0.3 is 0 Å². The Kier molecular flexibility index (Phi) is 4.86. The Morgan fingerprint density at radius 1 is 1.50 bits per heavy atom. The Balaban J connectivity index is 3.92. The van der Waals surface area contributed by atoms with Gasteiger partial charge in [0.25, 0.3) is 0 Å². The Bertz CT molecular complexity index is 178. The van der Waals surface area contributed by atoms with Crippen molar-refractivity contribution in [2.75, 3.05) is 0 Å². The van der Waals surface area contributed by atoms with E-state index in [1.54, 1.807) is 13.8 Å². The highest BCUT2D eigenvalue weighted by molar-refractivity contribution is 5.06. The van der Waals surface area contributed by atoms with Crippen LogP contribution in [0.2, 0.25) is 0 Å². The van der Waals surface area contributed by atoms with Gasteiger partial charge in [0.05, 0.1) is 0 Å². The fraction of sp³-hybridized carbons (Fsp3) is 0.600. The highest BCUT2D eigenvalue weighted by atomic mass is 17.1. The lowest BCUT2D eigenvalue weighted by molar-refractivity contribution is -0.297. The molecule has 0 atom stereocenters. The van der Waals surface area contributed by atoms with Gasteiger partial charge in [-0.25, -0.2) is 4.89 Å². The van der Waals surface area contributed by atoms with Crippen molar-refractivity contribution in [3.63, 3.8) is 0 Å². The fourth-order valence-corrected chi connectivity index (χ4v) is 0.677. The van der Waals surface area contributed by atoms with E-state index in [0.29, 0.717) is 0 Å². The van der Waals surface area contributed by atoms with E-state index in [9.17, 15) is 0 Å². The lowest BCUT2D eigenvalue weighted by atomic mass is 10.1. The minimum atomic E-state index is -0.575. The van der Waals surface area contributed by atoms with Crippen LogP contribution < -0.4 is 0 Å². The summed E-state index contributed by atoms with van der Waals surface area (Å²) in [6.07, 6.45) is 6.81. The maximum absolute atomic E-state index is 8.45. The Morgan fingerprint density at radius 3 is 2.50 bits per heavy atom. The maximum atomic E-state index is 8.45. The predicted octanol–water partition coefficient (Wildman–Crippen LogP) is 3.17. The molecule has 0 aliphatic rings. The van der Waals surface area contributed by atoms with Crippen molar-refractivity contribution in [3.05, 3.63) is 23.8 Å². The molecular weight excluding hydrogens is 152 g/mol. The van der Waals surface area contributed by atoms with Crippen molar-refractivity contribution < 1.29 is 10.1 Å². The highest BCUT2D eigenvalue weighted by Crippen LogP contribution is 2.10. The molecule has 70 valence electrons. The van der Waals surface area contributed by atoms with Gasteiger partial charge in [-0.05, 0) is 34.1 Å². The van der Waals surface area contributed by atoms with E-state index in [1.807, 2.05) is 19.1 Å². The molecule has 0 saturated carbocycles. The van der Waals surface area contributed by atoms with E-state index in [4.69, 9.17) is 5.26 Å². The summed E-state index contributed by atoms with van der Waals surface area (Å²) in [7, 11) is 0. The molecule has 0 rings (SSSR count). The quantitative estimate of drug-likeness (QED) is 0.399. The highest BCUT2D eigenvalue weighted by Gasteiger charge is 2.12. The van der Waals surface area contributed by atoms with Crippen molar-refractivity contribution in [1.82, 2.24) is 0 Å². The van der Waals surface area contributed by atoms with Crippen molar-refractivity contribution in [2.45, 2.75) is 39.7 Å². The first-order valence-electron chi connectivity index (χ1n) is 4.14. The molecule has 0 bridgehead atoms. The molecule has 0 fully saturated rings. The zero-order valence-electron chi connectivity index (χ0n) is 8.29. The van der Waals surface area contributed by atoms with Gasteiger partial charge in [0.1, 0.15) is 5.60 Å². The van der Waals surface area contributed by atoms with E-state index in [1.165, 1.54) is 5.57 Å². The first kappa shape index (κ1) is 11.4. The minimum absolute atomic E-state index is 0.575. The molecule has 0 aliphatic heterocycles. The molecule has 1 N–H and O–H groups in total. The molecule has 12 heavy (non-hydrogen) atoms. The van der Waals surface area contributed by atoms with Crippen LogP contribution in [0.5, 0.6) is 0 Å². The third-order valence-corrected chi connectivity index (χ3v) is 1.69. The van der Waals surface area contributed by atoms with Crippen molar-refractivity contribution in [2.24, 2.45) is 0 Å². The SMILES string of the molecule is C/C=C(\C)C/C=C/C(C)(C)OO. The molecule has 2 heteroatoms. The second-order valence-corrected chi connectivity index (χ2v) is 3.44. The number of hydrogen-bond acceptors (Lipinski definition) is 2. The fourth-order valence-electron chi connectivity index (χ4n) is 0.677. The molecule has 0 heterocycles. The average Bonchev–Trinajstić information content (AvgIpc) is 2.04. The van der Waals surface area contributed by atoms with Crippen LogP contribution in [-0.4, -0.2) is 10.9 Å². The molecule has 0 saturated heterocycles. The molecule has 0 aromatic carbocycles. The topological polar surface area (TPSA) is 29.5 Å². The van der Waals surface area contributed by atoms with Gasteiger partial charge in [0, 0.05) is 0 Å². The maximum Gasteiger partial charge on any atom is 0.116 e. The zero-order valence-corrected chi connectivity index (χ0v) is 8.29. The van der Waals surface area contributed by atoms with Crippen LogP contribution >= 0.6 is 0 Å². The van der Waals surface area contributed by atoms with Gasteiger partial charge in [0.15, 0.2) is 0 Å². The summed E-state index contributed by atoms with van der Waals surface area (Å²) in [4.78, 5) is 4.25. The molecule has 0 aromatic heterocycles. The second kappa shape index (κ2) is 5.12. The summed E-state index contributed by atoms with van der Waals surface area (Å²) in [5.41, 5.74) is 0.730. The Morgan fingerprint density at radius 2 is 2.08 bits per heavy atom. The Labute approximate surface area is 74.5 Å². The third-order valence-electron chi connectivity index (χ3n) is 1.69.